The minimum absolute atomic E-state index is 0.796. The first-order valence-electron chi connectivity index (χ1n) is 6.23. The van der Waals surface area contributed by atoms with Crippen molar-refractivity contribution in [1.82, 2.24) is 5.32 Å². The number of nitrogens with one attached hydrogen (secondary N) is 1. The Bertz CT molecular complexity index is 286. The van der Waals surface area contributed by atoms with Crippen LogP contribution in [0.25, 0.3) is 0 Å². The largest absolute Gasteiger partial charge is 0.493 e. The van der Waals surface area contributed by atoms with E-state index in [2.05, 4.69) is 25.2 Å². The summed E-state index contributed by atoms with van der Waals surface area (Å²) >= 11 is 0. The summed E-state index contributed by atoms with van der Waals surface area (Å²) in [6, 6.07) is 8.16. The molecule has 1 N–H and O–H groups in total. The Labute approximate surface area is 99.0 Å². The molecule has 0 fully saturated rings. The molecule has 0 aromatic heterocycles. The third kappa shape index (κ3) is 5.17. The van der Waals surface area contributed by atoms with E-state index in [0.29, 0.717) is 0 Å². The minimum Gasteiger partial charge on any atom is -0.493 e. The molecule has 0 bridgehead atoms. The summed E-state index contributed by atoms with van der Waals surface area (Å²) < 4.78 is 5.70. The highest BCUT2D eigenvalue weighted by Gasteiger charge is 1.96. The molecule has 0 saturated heterocycles. The molecule has 2 nitrogen and oxygen atoms in total. The van der Waals surface area contributed by atoms with Crippen molar-refractivity contribution < 1.29 is 4.74 Å². The van der Waals surface area contributed by atoms with Gasteiger partial charge in [0.05, 0.1) is 6.61 Å². The van der Waals surface area contributed by atoms with Gasteiger partial charge in [-0.1, -0.05) is 31.5 Å². The highest BCUT2D eigenvalue weighted by atomic mass is 16.5. The molecule has 90 valence electrons. The summed E-state index contributed by atoms with van der Waals surface area (Å²) in [7, 11) is 0. The smallest absolute Gasteiger partial charge is 0.122 e. The maximum absolute atomic E-state index is 5.70. The average molecular weight is 221 g/mol. The predicted octanol–water partition coefficient (Wildman–Crippen LogP) is 3.15. The lowest BCUT2D eigenvalue weighted by Crippen LogP contribution is -2.18. The fourth-order valence-corrected chi connectivity index (χ4v) is 1.52. The zero-order valence-corrected chi connectivity index (χ0v) is 10.5. The van der Waals surface area contributed by atoms with E-state index in [4.69, 9.17) is 4.74 Å². The van der Waals surface area contributed by atoms with Gasteiger partial charge in [-0.15, -0.1) is 0 Å². The lowest BCUT2D eigenvalue weighted by Gasteiger charge is -2.09. The molecule has 2 heteroatoms. The topological polar surface area (TPSA) is 21.3 Å². The first-order valence-corrected chi connectivity index (χ1v) is 6.23. The van der Waals surface area contributed by atoms with Crippen molar-refractivity contribution in [2.45, 2.75) is 33.1 Å². The Hall–Kier alpha value is -1.02. The maximum Gasteiger partial charge on any atom is 0.122 e. The van der Waals surface area contributed by atoms with Crippen molar-refractivity contribution in [3.63, 3.8) is 0 Å². The normalized spacial score (nSPS) is 10.4. The van der Waals surface area contributed by atoms with Crippen LogP contribution in [0.2, 0.25) is 0 Å². The number of ether oxygens (including phenoxy) is 1. The van der Waals surface area contributed by atoms with Crippen LogP contribution < -0.4 is 10.1 Å². The molecule has 0 aliphatic rings. The molecule has 0 amide bonds. The molecule has 0 unspecified atom stereocenters. The Kier molecular flexibility index (Phi) is 6.66. The summed E-state index contributed by atoms with van der Waals surface area (Å²) in [5, 5.41) is 3.41. The highest BCUT2D eigenvalue weighted by molar-refractivity contribution is 5.31. The van der Waals surface area contributed by atoms with Gasteiger partial charge >= 0.3 is 0 Å². The summed E-state index contributed by atoms with van der Waals surface area (Å²) in [5.74, 6) is 1.01. The van der Waals surface area contributed by atoms with Gasteiger partial charge in [-0.3, -0.25) is 0 Å². The Balaban J connectivity index is 2.05. The molecule has 0 aliphatic carbocycles. The number of rotatable bonds is 8. The second kappa shape index (κ2) is 8.17. The number of unbranched alkanes of at least 4 members (excludes halogenated alkanes) is 1. The van der Waals surface area contributed by atoms with Gasteiger partial charge < -0.3 is 10.1 Å². The van der Waals surface area contributed by atoms with Crippen LogP contribution in [0.3, 0.4) is 0 Å². The van der Waals surface area contributed by atoms with Crippen LogP contribution in [0, 0.1) is 6.92 Å². The summed E-state index contributed by atoms with van der Waals surface area (Å²) in [5.41, 5.74) is 1.21. The van der Waals surface area contributed by atoms with E-state index in [1.807, 2.05) is 18.2 Å². The number of benzene rings is 1. The zero-order chi connectivity index (χ0) is 11.6. The van der Waals surface area contributed by atoms with Crippen LogP contribution >= 0.6 is 0 Å². The Morgan fingerprint density at radius 1 is 1.12 bits per heavy atom. The van der Waals surface area contributed by atoms with E-state index in [1.54, 1.807) is 0 Å². The number of hydrogen-bond acceptors (Lipinski definition) is 2. The lowest BCUT2D eigenvalue weighted by molar-refractivity contribution is 0.306. The molecule has 0 heterocycles. The van der Waals surface area contributed by atoms with Crippen molar-refractivity contribution in [1.29, 1.82) is 0 Å². The van der Waals surface area contributed by atoms with Crippen molar-refractivity contribution in [3.05, 3.63) is 29.8 Å². The van der Waals surface area contributed by atoms with Gasteiger partial charge in [0, 0.05) is 0 Å². The third-order valence-electron chi connectivity index (χ3n) is 2.56. The van der Waals surface area contributed by atoms with Gasteiger partial charge in [0.15, 0.2) is 0 Å². The van der Waals surface area contributed by atoms with Crippen molar-refractivity contribution in [3.8, 4) is 5.75 Å². The molecule has 1 rings (SSSR count). The minimum atomic E-state index is 0.796. The van der Waals surface area contributed by atoms with Crippen LogP contribution in [-0.2, 0) is 0 Å². The van der Waals surface area contributed by atoms with Crippen LogP contribution in [-0.4, -0.2) is 19.7 Å². The van der Waals surface area contributed by atoms with Crippen LogP contribution in [0.5, 0.6) is 5.75 Å². The first-order chi connectivity index (χ1) is 7.84. The fourth-order valence-electron chi connectivity index (χ4n) is 1.52. The van der Waals surface area contributed by atoms with Crippen LogP contribution in [0.4, 0.5) is 0 Å². The van der Waals surface area contributed by atoms with E-state index < -0.39 is 0 Å². The molecule has 0 atom stereocenters. The second-order valence-electron chi connectivity index (χ2n) is 4.07. The van der Waals surface area contributed by atoms with Gasteiger partial charge in [0.1, 0.15) is 5.75 Å². The predicted molar refractivity (Wildman–Crippen MR) is 69.1 cm³/mol. The van der Waals surface area contributed by atoms with E-state index in [1.165, 1.54) is 18.4 Å². The average Bonchev–Trinajstić information content (AvgIpc) is 2.30. The van der Waals surface area contributed by atoms with Crippen molar-refractivity contribution in [2.24, 2.45) is 0 Å². The standard InChI is InChI=1S/C14H23NO/c1-3-4-10-15-11-7-12-16-14-9-6-5-8-13(14)2/h5-6,8-9,15H,3-4,7,10-12H2,1-2H3. The summed E-state index contributed by atoms with van der Waals surface area (Å²) in [6.07, 6.45) is 3.59. The molecular weight excluding hydrogens is 198 g/mol. The van der Waals surface area contributed by atoms with E-state index in [0.717, 1.165) is 31.9 Å². The summed E-state index contributed by atoms with van der Waals surface area (Å²) in [6.45, 7) is 7.26. The number of aryl methyl sites for hydroxylation is 1. The van der Waals surface area contributed by atoms with Crippen molar-refractivity contribution >= 4 is 0 Å². The number of para-hydroxylation sites is 1. The fraction of sp³-hybridized carbons (Fsp3) is 0.571. The van der Waals surface area contributed by atoms with Gasteiger partial charge in [-0.25, -0.2) is 0 Å². The molecule has 0 aliphatic heterocycles. The van der Waals surface area contributed by atoms with Crippen LogP contribution in [0.15, 0.2) is 24.3 Å². The maximum atomic E-state index is 5.70. The monoisotopic (exact) mass is 221 g/mol. The quantitative estimate of drug-likeness (QED) is 0.681. The Morgan fingerprint density at radius 3 is 2.62 bits per heavy atom. The third-order valence-corrected chi connectivity index (χ3v) is 2.56. The molecular formula is C14H23NO. The molecule has 0 radical (unpaired) electrons. The second-order valence-corrected chi connectivity index (χ2v) is 4.07. The zero-order valence-electron chi connectivity index (χ0n) is 10.5. The van der Waals surface area contributed by atoms with Gasteiger partial charge in [-0.2, -0.15) is 0 Å². The molecule has 1 aromatic rings. The van der Waals surface area contributed by atoms with Gasteiger partial charge in [0.2, 0.25) is 0 Å². The summed E-state index contributed by atoms with van der Waals surface area (Å²) in [4.78, 5) is 0. The highest BCUT2D eigenvalue weighted by Crippen LogP contribution is 2.15. The van der Waals surface area contributed by atoms with Gasteiger partial charge in [0.25, 0.3) is 0 Å². The molecule has 0 spiro atoms. The van der Waals surface area contributed by atoms with E-state index >= 15 is 0 Å². The number of hydrogen-bond donors (Lipinski definition) is 1. The van der Waals surface area contributed by atoms with Crippen LogP contribution in [0.1, 0.15) is 31.7 Å². The van der Waals surface area contributed by atoms with E-state index in [-0.39, 0.29) is 0 Å². The van der Waals surface area contributed by atoms with Crippen molar-refractivity contribution in [2.75, 3.05) is 19.7 Å². The molecule has 1 aromatic carbocycles. The lowest BCUT2D eigenvalue weighted by atomic mass is 10.2. The van der Waals surface area contributed by atoms with E-state index in [9.17, 15) is 0 Å². The SMILES string of the molecule is CCCCNCCCOc1ccccc1C. The molecule has 0 saturated carbocycles. The van der Waals surface area contributed by atoms with Gasteiger partial charge in [-0.05, 0) is 44.5 Å². The molecule has 16 heavy (non-hydrogen) atoms. The Morgan fingerprint density at radius 2 is 1.88 bits per heavy atom. The first kappa shape index (κ1) is 13.0.